The first-order valence-electron chi connectivity index (χ1n) is 4.95. The summed E-state index contributed by atoms with van der Waals surface area (Å²) in [4.78, 5) is 12.7. The van der Waals surface area contributed by atoms with Gasteiger partial charge < -0.3 is 4.90 Å². The van der Waals surface area contributed by atoms with Gasteiger partial charge in [-0.25, -0.2) is 4.39 Å². The highest BCUT2D eigenvalue weighted by molar-refractivity contribution is 5.84. The summed E-state index contributed by atoms with van der Waals surface area (Å²) in [6.45, 7) is 1.03. The van der Waals surface area contributed by atoms with Crippen molar-refractivity contribution in [3.8, 4) is 0 Å². The van der Waals surface area contributed by atoms with Crippen LogP contribution in [0.4, 0.5) is 10.1 Å². The number of nitrogens with zero attached hydrogens (tertiary/aromatic N) is 1. The van der Waals surface area contributed by atoms with Crippen LogP contribution in [-0.2, 0) is 0 Å². The molecule has 2 rings (SSSR count). The van der Waals surface area contributed by atoms with Crippen LogP contribution in [0.3, 0.4) is 0 Å². The fourth-order valence-corrected chi connectivity index (χ4v) is 1.78. The monoisotopic (exact) mass is 205 g/mol. The van der Waals surface area contributed by atoms with Gasteiger partial charge in [-0.05, 0) is 24.6 Å². The Labute approximate surface area is 88.0 Å². The molecule has 0 unspecified atom stereocenters. The van der Waals surface area contributed by atoms with Crippen molar-refractivity contribution in [3.63, 3.8) is 0 Å². The minimum absolute atomic E-state index is 0.123. The summed E-state index contributed by atoms with van der Waals surface area (Å²) in [6, 6.07) is 7.27. The van der Waals surface area contributed by atoms with E-state index in [0.29, 0.717) is 12.0 Å². The zero-order chi connectivity index (χ0) is 10.7. The summed E-state index contributed by atoms with van der Waals surface area (Å²) in [5.74, 6) is -0.123. The van der Waals surface area contributed by atoms with E-state index in [1.54, 1.807) is 12.1 Å². The maximum absolute atomic E-state index is 13.1. The molecule has 3 heteroatoms. The predicted octanol–water partition coefficient (Wildman–Crippen LogP) is 2.56. The molecule has 15 heavy (non-hydrogen) atoms. The van der Waals surface area contributed by atoms with Crippen molar-refractivity contribution < 1.29 is 9.18 Å². The van der Waals surface area contributed by atoms with Crippen molar-refractivity contribution in [3.05, 3.63) is 41.7 Å². The van der Waals surface area contributed by atoms with Gasteiger partial charge in [-0.1, -0.05) is 12.1 Å². The van der Waals surface area contributed by atoms with Gasteiger partial charge in [-0.2, -0.15) is 0 Å². The Balaban J connectivity index is 2.29. The van der Waals surface area contributed by atoms with Crippen LogP contribution in [0.1, 0.15) is 16.8 Å². The highest BCUT2D eigenvalue weighted by atomic mass is 19.1. The van der Waals surface area contributed by atoms with E-state index >= 15 is 0 Å². The van der Waals surface area contributed by atoms with Gasteiger partial charge >= 0.3 is 0 Å². The number of halogens is 1. The second-order valence-electron chi connectivity index (χ2n) is 3.54. The Morgan fingerprint density at radius 3 is 2.87 bits per heavy atom. The van der Waals surface area contributed by atoms with E-state index in [1.807, 2.05) is 23.1 Å². The molecule has 0 atom stereocenters. The molecule has 0 aliphatic carbocycles. The number of anilines is 1. The maximum Gasteiger partial charge on any atom is 0.152 e. The third kappa shape index (κ3) is 2.06. The topological polar surface area (TPSA) is 20.3 Å². The van der Waals surface area contributed by atoms with Gasteiger partial charge in [-0.3, -0.25) is 4.79 Å². The molecule has 1 aromatic rings. The lowest BCUT2D eigenvalue weighted by Crippen LogP contribution is -2.29. The number of hydrogen-bond acceptors (Lipinski definition) is 2. The Morgan fingerprint density at radius 2 is 2.13 bits per heavy atom. The molecular formula is C12H12FNO. The Kier molecular flexibility index (Phi) is 2.81. The molecule has 0 bridgehead atoms. The second-order valence-corrected chi connectivity index (χ2v) is 3.54. The van der Waals surface area contributed by atoms with E-state index in [1.165, 1.54) is 0 Å². The van der Waals surface area contributed by atoms with Crippen molar-refractivity contribution >= 4 is 12.0 Å². The molecule has 0 saturated carbocycles. The molecule has 0 amide bonds. The molecule has 1 aliphatic rings. The number of para-hydroxylation sites is 1. The standard InChI is InChI=1S/C12H12FNO/c13-11-5-3-7-14(8-11)12-6-2-1-4-10(12)9-15/h1-2,4-6,9H,3,7-8H2. The Morgan fingerprint density at radius 1 is 1.33 bits per heavy atom. The summed E-state index contributed by atoms with van der Waals surface area (Å²) in [5.41, 5.74) is 1.43. The average Bonchev–Trinajstić information content (AvgIpc) is 2.29. The highest BCUT2D eigenvalue weighted by Gasteiger charge is 2.15. The highest BCUT2D eigenvalue weighted by Crippen LogP contribution is 2.23. The van der Waals surface area contributed by atoms with E-state index in [0.717, 1.165) is 18.5 Å². The van der Waals surface area contributed by atoms with Gasteiger partial charge in [0.1, 0.15) is 5.83 Å². The summed E-state index contributed by atoms with van der Waals surface area (Å²) in [5, 5.41) is 0. The molecule has 1 aromatic carbocycles. The van der Waals surface area contributed by atoms with E-state index in [4.69, 9.17) is 0 Å². The number of hydrogen-bond donors (Lipinski definition) is 0. The molecule has 78 valence electrons. The van der Waals surface area contributed by atoms with Gasteiger partial charge in [0.2, 0.25) is 0 Å². The minimum atomic E-state index is -0.123. The molecular weight excluding hydrogens is 193 g/mol. The lowest BCUT2D eigenvalue weighted by atomic mass is 10.1. The first kappa shape index (κ1) is 9.90. The molecule has 0 fully saturated rings. The van der Waals surface area contributed by atoms with E-state index < -0.39 is 0 Å². The Bertz CT molecular complexity index is 400. The first-order valence-corrected chi connectivity index (χ1v) is 4.95. The third-order valence-electron chi connectivity index (χ3n) is 2.51. The molecule has 1 heterocycles. The van der Waals surface area contributed by atoms with Gasteiger partial charge in [0.25, 0.3) is 0 Å². The summed E-state index contributed by atoms with van der Waals surface area (Å²) < 4.78 is 13.1. The SMILES string of the molecule is O=Cc1ccccc1N1CCC=C(F)C1. The number of carbonyl (C=O) groups is 1. The van der Waals surface area contributed by atoms with E-state index in [9.17, 15) is 9.18 Å². The zero-order valence-electron chi connectivity index (χ0n) is 8.32. The normalized spacial score (nSPS) is 16.1. The quantitative estimate of drug-likeness (QED) is 0.691. The fraction of sp³-hybridized carbons (Fsp3) is 0.250. The molecule has 0 saturated heterocycles. The van der Waals surface area contributed by atoms with Crippen LogP contribution >= 0.6 is 0 Å². The van der Waals surface area contributed by atoms with E-state index in [-0.39, 0.29) is 12.4 Å². The number of carbonyl (C=O) groups excluding carboxylic acids is 1. The molecule has 0 radical (unpaired) electrons. The maximum atomic E-state index is 13.1. The number of aldehydes is 1. The van der Waals surface area contributed by atoms with E-state index in [2.05, 4.69) is 0 Å². The molecule has 0 aromatic heterocycles. The van der Waals surface area contributed by atoms with Crippen molar-refractivity contribution in [1.82, 2.24) is 0 Å². The largest absolute Gasteiger partial charge is 0.364 e. The predicted molar refractivity (Wildman–Crippen MR) is 57.9 cm³/mol. The first-order chi connectivity index (χ1) is 7.31. The van der Waals surface area contributed by atoms with Crippen LogP contribution in [0, 0.1) is 0 Å². The van der Waals surface area contributed by atoms with Crippen molar-refractivity contribution in [1.29, 1.82) is 0 Å². The van der Waals surface area contributed by atoms with Gasteiger partial charge in [0.15, 0.2) is 6.29 Å². The fourth-order valence-electron chi connectivity index (χ4n) is 1.78. The molecule has 0 spiro atoms. The van der Waals surface area contributed by atoms with Crippen LogP contribution in [0.2, 0.25) is 0 Å². The zero-order valence-corrected chi connectivity index (χ0v) is 8.32. The molecule has 2 nitrogen and oxygen atoms in total. The van der Waals surface area contributed by atoms with Crippen LogP contribution in [-0.4, -0.2) is 19.4 Å². The van der Waals surface area contributed by atoms with Crippen LogP contribution in [0.25, 0.3) is 0 Å². The average molecular weight is 205 g/mol. The molecule has 0 N–H and O–H groups in total. The number of rotatable bonds is 2. The van der Waals surface area contributed by atoms with Crippen molar-refractivity contribution in [2.45, 2.75) is 6.42 Å². The number of benzene rings is 1. The summed E-state index contributed by atoms with van der Waals surface area (Å²) in [7, 11) is 0. The second kappa shape index (κ2) is 4.26. The van der Waals surface area contributed by atoms with Crippen LogP contribution in [0.5, 0.6) is 0 Å². The minimum Gasteiger partial charge on any atom is -0.364 e. The van der Waals surface area contributed by atoms with Gasteiger partial charge in [0, 0.05) is 17.8 Å². The van der Waals surface area contributed by atoms with Gasteiger partial charge in [0.05, 0.1) is 6.54 Å². The smallest absolute Gasteiger partial charge is 0.152 e. The van der Waals surface area contributed by atoms with Crippen LogP contribution in [0.15, 0.2) is 36.2 Å². The van der Waals surface area contributed by atoms with Crippen molar-refractivity contribution in [2.75, 3.05) is 18.0 Å². The summed E-state index contributed by atoms with van der Waals surface area (Å²) in [6.07, 6.45) is 3.10. The van der Waals surface area contributed by atoms with Crippen LogP contribution < -0.4 is 4.90 Å². The summed E-state index contributed by atoms with van der Waals surface area (Å²) >= 11 is 0. The van der Waals surface area contributed by atoms with Crippen molar-refractivity contribution in [2.24, 2.45) is 0 Å². The lowest BCUT2D eigenvalue weighted by molar-refractivity contribution is 0.112. The van der Waals surface area contributed by atoms with Gasteiger partial charge in [-0.15, -0.1) is 0 Å². The third-order valence-corrected chi connectivity index (χ3v) is 2.51. The Hall–Kier alpha value is -1.64. The molecule has 1 aliphatic heterocycles. The lowest BCUT2D eigenvalue weighted by Gasteiger charge is -2.27.